The molecule has 2 unspecified atom stereocenters. The van der Waals surface area contributed by atoms with Crippen LogP contribution < -0.4 is 5.73 Å². The molecule has 0 aliphatic heterocycles. The minimum atomic E-state index is 0.156. The Labute approximate surface area is 128 Å². The number of thiazole rings is 1. The second kappa shape index (κ2) is 6.15. The topological polar surface area (TPSA) is 38.9 Å². The number of hydrogen-bond donors (Lipinski definition) is 1. The molecule has 1 aromatic heterocycles. The van der Waals surface area contributed by atoms with Crippen LogP contribution in [0, 0.1) is 11.3 Å². The van der Waals surface area contributed by atoms with E-state index in [-0.39, 0.29) is 5.41 Å². The van der Waals surface area contributed by atoms with Crippen LogP contribution in [-0.4, -0.2) is 11.5 Å². The molecule has 0 radical (unpaired) electrons. The van der Waals surface area contributed by atoms with Gasteiger partial charge in [0.05, 0.1) is 10.7 Å². The molecule has 2 atom stereocenters. The maximum Gasteiger partial charge on any atom is 0.0934 e. The molecule has 114 valence electrons. The van der Waals surface area contributed by atoms with Crippen molar-refractivity contribution in [2.45, 2.75) is 71.6 Å². The standard InChI is InChI=1S/C17H30N2S/c1-5-13-7-6-8-17(9-13,12-18)10-15-19-14(11-20-15)16(2,3)4/h11,13H,5-10,12,18H2,1-4H3. The normalized spacial score (nSPS) is 27.8. The Morgan fingerprint density at radius 1 is 1.45 bits per heavy atom. The monoisotopic (exact) mass is 294 g/mol. The fourth-order valence-electron chi connectivity index (χ4n) is 3.41. The van der Waals surface area contributed by atoms with Crippen LogP contribution in [0.4, 0.5) is 0 Å². The highest BCUT2D eigenvalue weighted by molar-refractivity contribution is 7.09. The first-order valence-electron chi connectivity index (χ1n) is 8.03. The van der Waals surface area contributed by atoms with E-state index in [1.165, 1.54) is 42.8 Å². The summed E-state index contributed by atoms with van der Waals surface area (Å²) >= 11 is 1.83. The van der Waals surface area contributed by atoms with Gasteiger partial charge in [0.2, 0.25) is 0 Å². The molecule has 3 heteroatoms. The molecule has 0 saturated heterocycles. The smallest absolute Gasteiger partial charge is 0.0934 e. The van der Waals surface area contributed by atoms with Gasteiger partial charge < -0.3 is 5.73 Å². The molecule has 20 heavy (non-hydrogen) atoms. The lowest BCUT2D eigenvalue weighted by atomic mass is 9.67. The van der Waals surface area contributed by atoms with Crippen molar-refractivity contribution in [3.05, 3.63) is 16.1 Å². The van der Waals surface area contributed by atoms with Gasteiger partial charge in [-0.1, -0.05) is 47.0 Å². The molecule has 1 aliphatic rings. The summed E-state index contributed by atoms with van der Waals surface area (Å²) in [6.07, 6.45) is 7.69. The minimum absolute atomic E-state index is 0.156. The Kier molecular flexibility index (Phi) is 4.91. The zero-order valence-corrected chi connectivity index (χ0v) is 14.4. The molecule has 0 bridgehead atoms. The van der Waals surface area contributed by atoms with Crippen molar-refractivity contribution >= 4 is 11.3 Å². The van der Waals surface area contributed by atoms with E-state index in [0.717, 1.165) is 18.9 Å². The number of nitrogens with zero attached hydrogens (tertiary/aromatic N) is 1. The largest absolute Gasteiger partial charge is 0.330 e. The van der Waals surface area contributed by atoms with E-state index in [1.54, 1.807) is 0 Å². The molecular weight excluding hydrogens is 264 g/mol. The molecule has 1 saturated carbocycles. The Morgan fingerprint density at radius 2 is 2.20 bits per heavy atom. The number of hydrogen-bond acceptors (Lipinski definition) is 3. The Balaban J connectivity index is 2.11. The average Bonchev–Trinajstić information content (AvgIpc) is 2.87. The molecule has 1 aliphatic carbocycles. The van der Waals surface area contributed by atoms with Crippen LogP contribution in [0.3, 0.4) is 0 Å². The third kappa shape index (κ3) is 3.62. The van der Waals surface area contributed by atoms with Gasteiger partial charge in [-0.2, -0.15) is 0 Å². The molecular formula is C17H30N2S. The second-order valence-electron chi connectivity index (χ2n) is 7.63. The Hall–Kier alpha value is -0.410. The third-order valence-corrected chi connectivity index (χ3v) is 5.75. The maximum atomic E-state index is 6.17. The summed E-state index contributed by atoms with van der Waals surface area (Å²) in [6, 6.07) is 0. The molecule has 0 amide bonds. The first kappa shape index (κ1) is 16.0. The maximum absolute atomic E-state index is 6.17. The predicted octanol–water partition coefficient (Wildman–Crippen LogP) is 4.53. The van der Waals surface area contributed by atoms with E-state index >= 15 is 0 Å². The van der Waals surface area contributed by atoms with Crippen molar-refractivity contribution in [1.82, 2.24) is 4.98 Å². The van der Waals surface area contributed by atoms with Crippen molar-refractivity contribution < 1.29 is 0 Å². The minimum Gasteiger partial charge on any atom is -0.330 e. The lowest BCUT2D eigenvalue weighted by molar-refractivity contribution is 0.142. The molecule has 2 rings (SSSR count). The van der Waals surface area contributed by atoms with Gasteiger partial charge in [0.25, 0.3) is 0 Å². The lowest BCUT2D eigenvalue weighted by Crippen LogP contribution is -2.37. The third-order valence-electron chi connectivity index (χ3n) is 4.90. The van der Waals surface area contributed by atoms with Gasteiger partial charge in [-0.05, 0) is 30.7 Å². The summed E-state index contributed by atoms with van der Waals surface area (Å²) in [5.41, 5.74) is 7.87. The van der Waals surface area contributed by atoms with Crippen LogP contribution in [-0.2, 0) is 11.8 Å². The van der Waals surface area contributed by atoms with E-state index in [9.17, 15) is 0 Å². The number of nitrogens with two attached hydrogens (primary N) is 1. The van der Waals surface area contributed by atoms with Crippen molar-refractivity contribution in [2.24, 2.45) is 17.1 Å². The van der Waals surface area contributed by atoms with Gasteiger partial charge in [-0.3, -0.25) is 0 Å². The summed E-state index contributed by atoms with van der Waals surface area (Å²) in [5, 5.41) is 3.52. The van der Waals surface area contributed by atoms with E-state index < -0.39 is 0 Å². The van der Waals surface area contributed by atoms with Crippen LogP contribution >= 0.6 is 11.3 Å². The molecule has 2 nitrogen and oxygen atoms in total. The summed E-state index contributed by atoms with van der Waals surface area (Å²) in [7, 11) is 0. The summed E-state index contributed by atoms with van der Waals surface area (Å²) in [6.45, 7) is 9.83. The molecule has 1 heterocycles. The van der Waals surface area contributed by atoms with Crippen molar-refractivity contribution in [3.63, 3.8) is 0 Å². The van der Waals surface area contributed by atoms with E-state index in [1.807, 2.05) is 11.3 Å². The Morgan fingerprint density at radius 3 is 2.75 bits per heavy atom. The van der Waals surface area contributed by atoms with Crippen LogP contribution in [0.2, 0.25) is 0 Å². The summed E-state index contributed by atoms with van der Waals surface area (Å²) < 4.78 is 0. The predicted molar refractivity (Wildman–Crippen MR) is 88.3 cm³/mol. The van der Waals surface area contributed by atoms with Gasteiger partial charge in [-0.25, -0.2) is 4.98 Å². The zero-order valence-electron chi connectivity index (χ0n) is 13.5. The fraction of sp³-hybridized carbons (Fsp3) is 0.824. The van der Waals surface area contributed by atoms with Crippen LogP contribution in [0.5, 0.6) is 0 Å². The van der Waals surface area contributed by atoms with Gasteiger partial charge in [0, 0.05) is 17.2 Å². The highest BCUT2D eigenvalue weighted by Crippen LogP contribution is 2.43. The van der Waals surface area contributed by atoms with Gasteiger partial charge >= 0.3 is 0 Å². The lowest BCUT2D eigenvalue weighted by Gasteiger charge is -2.39. The van der Waals surface area contributed by atoms with E-state index in [2.05, 4.69) is 33.1 Å². The van der Waals surface area contributed by atoms with Crippen molar-refractivity contribution in [1.29, 1.82) is 0 Å². The zero-order chi connectivity index (χ0) is 14.8. The summed E-state index contributed by atoms with van der Waals surface area (Å²) in [5.74, 6) is 0.870. The summed E-state index contributed by atoms with van der Waals surface area (Å²) in [4.78, 5) is 4.88. The quantitative estimate of drug-likeness (QED) is 0.886. The van der Waals surface area contributed by atoms with Crippen molar-refractivity contribution in [2.75, 3.05) is 6.54 Å². The van der Waals surface area contributed by atoms with Crippen LogP contribution in [0.15, 0.2) is 5.38 Å². The molecule has 1 fully saturated rings. The Bertz CT molecular complexity index is 432. The average molecular weight is 295 g/mol. The fourth-order valence-corrected chi connectivity index (χ4v) is 4.60. The van der Waals surface area contributed by atoms with E-state index in [0.29, 0.717) is 5.41 Å². The number of rotatable bonds is 4. The second-order valence-corrected chi connectivity index (χ2v) is 8.57. The van der Waals surface area contributed by atoms with Crippen molar-refractivity contribution in [3.8, 4) is 0 Å². The number of aromatic nitrogens is 1. The van der Waals surface area contributed by atoms with Crippen LogP contribution in [0.1, 0.15) is 70.5 Å². The molecule has 1 aromatic rings. The van der Waals surface area contributed by atoms with Gasteiger partial charge in [0.15, 0.2) is 0 Å². The van der Waals surface area contributed by atoms with Gasteiger partial charge in [0.1, 0.15) is 0 Å². The first-order chi connectivity index (χ1) is 9.38. The molecule has 0 aromatic carbocycles. The van der Waals surface area contributed by atoms with Gasteiger partial charge in [-0.15, -0.1) is 11.3 Å². The first-order valence-corrected chi connectivity index (χ1v) is 8.91. The highest BCUT2D eigenvalue weighted by atomic mass is 32.1. The van der Waals surface area contributed by atoms with E-state index in [4.69, 9.17) is 10.7 Å². The highest BCUT2D eigenvalue weighted by Gasteiger charge is 2.35. The van der Waals surface area contributed by atoms with Crippen LogP contribution in [0.25, 0.3) is 0 Å². The molecule has 2 N–H and O–H groups in total. The SMILES string of the molecule is CCC1CCCC(CN)(Cc2nc(C(C)(C)C)cs2)C1. The molecule has 0 spiro atoms.